The smallest absolute Gasteiger partial charge is 0.378 e. The van der Waals surface area contributed by atoms with Crippen LogP contribution < -0.4 is 10.7 Å². The number of benzene rings is 1. The summed E-state index contributed by atoms with van der Waals surface area (Å²) in [4.78, 5) is 15.2. The number of hydrogen-bond donors (Lipinski definition) is 1. The van der Waals surface area contributed by atoms with Gasteiger partial charge in [-0.05, 0) is 24.3 Å². The average Bonchev–Trinajstić information content (AvgIpc) is 2.65. The van der Waals surface area contributed by atoms with Crippen LogP contribution >= 0.6 is 0 Å². The molecule has 0 spiro atoms. The van der Waals surface area contributed by atoms with Gasteiger partial charge in [-0.25, -0.2) is 4.79 Å². The third-order valence-corrected chi connectivity index (χ3v) is 2.10. The van der Waals surface area contributed by atoms with Gasteiger partial charge in [-0.3, -0.25) is 9.51 Å². The molecule has 0 aliphatic heterocycles. The van der Waals surface area contributed by atoms with Gasteiger partial charge in [-0.2, -0.15) is 0 Å². The van der Waals surface area contributed by atoms with Gasteiger partial charge in [0, 0.05) is 25.3 Å². The van der Waals surface area contributed by atoms with Crippen molar-refractivity contribution in [2.75, 3.05) is 19.0 Å². The lowest BCUT2D eigenvalue weighted by Gasteiger charge is -2.11. The van der Waals surface area contributed by atoms with E-state index in [1.165, 1.54) is 0 Å². The molecule has 0 unspecified atom stereocenters. The van der Waals surface area contributed by atoms with E-state index in [4.69, 9.17) is 0 Å². The van der Waals surface area contributed by atoms with Gasteiger partial charge in [0.25, 0.3) is 0 Å². The van der Waals surface area contributed by atoms with Crippen molar-refractivity contribution >= 4 is 5.69 Å². The van der Waals surface area contributed by atoms with Crippen LogP contribution in [-0.2, 0) is 0 Å². The highest BCUT2D eigenvalue weighted by atomic mass is 16.5. The molecule has 0 atom stereocenters. The van der Waals surface area contributed by atoms with Crippen LogP contribution in [0.25, 0.3) is 11.4 Å². The van der Waals surface area contributed by atoms with Crippen LogP contribution in [0.2, 0.25) is 0 Å². The summed E-state index contributed by atoms with van der Waals surface area (Å²) in [6.07, 6.45) is 0. The van der Waals surface area contributed by atoms with Crippen molar-refractivity contribution in [1.29, 1.82) is 0 Å². The van der Waals surface area contributed by atoms with Crippen LogP contribution in [0.3, 0.4) is 0 Å². The second-order valence-corrected chi connectivity index (χ2v) is 3.38. The second-order valence-electron chi connectivity index (χ2n) is 3.38. The van der Waals surface area contributed by atoms with Crippen molar-refractivity contribution in [1.82, 2.24) is 10.1 Å². The molecule has 0 saturated carbocycles. The predicted molar refractivity (Wildman–Crippen MR) is 56.9 cm³/mol. The summed E-state index contributed by atoms with van der Waals surface area (Å²) in [7, 11) is 3.93. The first-order valence-corrected chi connectivity index (χ1v) is 4.50. The van der Waals surface area contributed by atoms with Gasteiger partial charge in [0.05, 0.1) is 0 Å². The molecule has 0 radical (unpaired) electrons. The summed E-state index contributed by atoms with van der Waals surface area (Å²) >= 11 is 0. The largest absolute Gasteiger partial charge is 0.439 e. The fourth-order valence-corrected chi connectivity index (χ4v) is 1.27. The third-order valence-electron chi connectivity index (χ3n) is 2.10. The van der Waals surface area contributed by atoms with Gasteiger partial charge >= 0.3 is 5.76 Å². The molecule has 1 N–H and O–H groups in total. The van der Waals surface area contributed by atoms with Crippen molar-refractivity contribution in [2.45, 2.75) is 0 Å². The van der Waals surface area contributed by atoms with Crippen LogP contribution in [0.1, 0.15) is 0 Å². The summed E-state index contributed by atoms with van der Waals surface area (Å²) in [6.45, 7) is 0. The number of hydrogen-bond acceptors (Lipinski definition) is 4. The lowest BCUT2D eigenvalue weighted by atomic mass is 10.2. The fourth-order valence-electron chi connectivity index (χ4n) is 1.27. The molecule has 0 fully saturated rings. The van der Waals surface area contributed by atoms with Crippen LogP contribution in [0.4, 0.5) is 5.69 Å². The number of anilines is 1. The molecule has 0 aliphatic rings. The fraction of sp³-hybridized carbons (Fsp3) is 0.200. The highest BCUT2D eigenvalue weighted by molar-refractivity contribution is 5.59. The predicted octanol–water partition coefficient (Wildman–Crippen LogP) is 1.10. The Morgan fingerprint density at radius 3 is 2.40 bits per heavy atom. The monoisotopic (exact) mass is 205 g/mol. The topological polar surface area (TPSA) is 62.1 Å². The summed E-state index contributed by atoms with van der Waals surface area (Å²) in [5.74, 6) is -0.0907. The molecule has 5 nitrogen and oxygen atoms in total. The molecule has 1 aromatic heterocycles. The van der Waals surface area contributed by atoms with Crippen LogP contribution in [0, 0.1) is 0 Å². The van der Waals surface area contributed by atoms with E-state index in [1.54, 1.807) is 0 Å². The van der Waals surface area contributed by atoms with E-state index in [2.05, 4.69) is 14.7 Å². The molecule has 0 aliphatic carbocycles. The van der Waals surface area contributed by atoms with Crippen molar-refractivity contribution < 1.29 is 4.52 Å². The van der Waals surface area contributed by atoms with E-state index in [0.29, 0.717) is 5.82 Å². The molecule has 0 amide bonds. The second kappa shape index (κ2) is 3.61. The molecule has 2 aromatic rings. The molecule has 1 aromatic carbocycles. The van der Waals surface area contributed by atoms with Crippen molar-refractivity contribution in [3.05, 3.63) is 34.8 Å². The number of nitrogens with one attached hydrogen (secondary N) is 1. The Morgan fingerprint density at radius 2 is 1.93 bits per heavy atom. The third kappa shape index (κ3) is 1.90. The number of aromatic amines is 1. The Labute approximate surface area is 86.3 Å². The summed E-state index contributed by atoms with van der Waals surface area (Å²) in [5, 5.41) is 3.60. The molecular formula is C10H11N3O2. The lowest BCUT2D eigenvalue weighted by molar-refractivity contribution is 0.388. The summed E-state index contributed by atoms with van der Waals surface area (Å²) in [6, 6.07) is 7.65. The normalized spacial score (nSPS) is 10.3. The van der Waals surface area contributed by atoms with Gasteiger partial charge in [0.1, 0.15) is 0 Å². The van der Waals surface area contributed by atoms with Crippen LogP contribution in [0.15, 0.2) is 33.6 Å². The maximum atomic E-state index is 10.7. The number of nitrogens with zero attached hydrogens (tertiary/aromatic N) is 2. The molecule has 5 heteroatoms. The van der Waals surface area contributed by atoms with Gasteiger partial charge in [-0.1, -0.05) is 5.16 Å². The Balaban J connectivity index is 2.35. The molecule has 1 heterocycles. The molecular weight excluding hydrogens is 194 g/mol. The zero-order chi connectivity index (χ0) is 10.8. The van der Waals surface area contributed by atoms with E-state index in [0.717, 1.165) is 11.3 Å². The Hall–Kier alpha value is -2.04. The molecule has 78 valence electrons. The quantitative estimate of drug-likeness (QED) is 0.797. The minimum atomic E-state index is -0.540. The van der Waals surface area contributed by atoms with Crippen molar-refractivity contribution in [3.8, 4) is 11.4 Å². The van der Waals surface area contributed by atoms with E-state index >= 15 is 0 Å². The maximum absolute atomic E-state index is 10.7. The van der Waals surface area contributed by atoms with Crippen molar-refractivity contribution in [2.24, 2.45) is 0 Å². The molecule has 0 saturated heterocycles. The van der Waals surface area contributed by atoms with E-state index in [-0.39, 0.29) is 0 Å². The van der Waals surface area contributed by atoms with Gasteiger partial charge < -0.3 is 4.90 Å². The van der Waals surface area contributed by atoms with Crippen LogP contribution in [-0.4, -0.2) is 24.2 Å². The standard InChI is InChI=1S/C10H11N3O2/c1-13(2)8-5-3-7(4-6-8)9-11-10(14)15-12-9/h3-6H,1-2H3,(H,11,12,14). The molecule has 15 heavy (non-hydrogen) atoms. The first kappa shape index (κ1) is 9.51. The average molecular weight is 205 g/mol. The Bertz CT molecular complexity index is 496. The highest BCUT2D eigenvalue weighted by Crippen LogP contribution is 2.18. The Kier molecular flexibility index (Phi) is 2.29. The molecule has 2 rings (SSSR count). The van der Waals surface area contributed by atoms with E-state index in [1.807, 2.05) is 43.3 Å². The minimum Gasteiger partial charge on any atom is -0.378 e. The first-order chi connectivity index (χ1) is 7.16. The minimum absolute atomic E-state index is 0.449. The molecule has 0 bridgehead atoms. The van der Waals surface area contributed by atoms with Gasteiger partial charge in [0.15, 0.2) is 5.82 Å². The van der Waals surface area contributed by atoms with E-state index in [9.17, 15) is 4.79 Å². The zero-order valence-corrected chi connectivity index (χ0v) is 8.52. The van der Waals surface area contributed by atoms with E-state index < -0.39 is 5.76 Å². The van der Waals surface area contributed by atoms with Gasteiger partial charge in [-0.15, -0.1) is 0 Å². The number of H-pyrrole nitrogens is 1. The first-order valence-electron chi connectivity index (χ1n) is 4.50. The van der Waals surface area contributed by atoms with Crippen LogP contribution in [0.5, 0.6) is 0 Å². The summed E-state index contributed by atoms with van der Waals surface area (Å²) < 4.78 is 4.43. The lowest BCUT2D eigenvalue weighted by Crippen LogP contribution is -2.07. The van der Waals surface area contributed by atoms with Crippen molar-refractivity contribution in [3.63, 3.8) is 0 Å². The van der Waals surface area contributed by atoms with Gasteiger partial charge in [0.2, 0.25) is 0 Å². The maximum Gasteiger partial charge on any atom is 0.439 e. The number of aromatic nitrogens is 2. The summed E-state index contributed by atoms with van der Waals surface area (Å²) in [5.41, 5.74) is 1.91. The number of rotatable bonds is 2. The SMILES string of the molecule is CN(C)c1ccc(-c2noc(=O)[nH]2)cc1. The zero-order valence-electron chi connectivity index (χ0n) is 8.52. The Morgan fingerprint density at radius 1 is 1.27 bits per heavy atom. The highest BCUT2D eigenvalue weighted by Gasteiger charge is 2.03.